The summed E-state index contributed by atoms with van der Waals surface area (Å²) in [6.07, 6.45) is -0.0313. The number of nitrogens with zero attached hydrogens (tertiary/aromatic N) is 1. The van der Waals surface area contributed by atoms with E-state index in [1.807, 2.05) is 0 Å². The molecule has 2 amide bonds. The number of halogens is 2. The molecule has 0 spiro atoms. The van der Waals surface area contributed by atoms with E-state index in [1.165, 1.54) is 7.11 Å². The zero-order valence-electron chi connectivity index (χ0n) is 15.3. The van der Waals surface area contributed by atoms with E-state index in [0.717, 1.165) is 0 Å². The maximum atomic E-state index is 12.1. The first-order valence-electron chi connectivity index (χ1n) is 8.22. The largest absolute Gasteiger partial charge is 0.493 e. The Kier molecular flexibility index (Phi) is 8.10. The summed E-state index contributed by atoms with van der Waals surface area (Å²) in [5, 5.41) is 7.13. The molecule has 0 heterocycles. The maximum Gasteiger partial charge on any atom is 0.277 e. The van der Waals surface area contributed by atoms with Crippen molar-refractivity contribution < 1.29 is 19.1 Å². The third-order valence-electron chi connectivity index (χ3n) is 3.44. The minimum atomic E-state index is -0.469. The van der Waals surface area contributed by atoms with E-state index < -0.39 is 5.91 Å². The van der Waals surface area contributed by atoms with E-state index in [0.29, 0.717) is 27.9 Å². The van der Waals surface area contributed by atoms with Crippen LogP contribution < -0.4 is 20.2 Å². The molecular formula is C19H19Cl2N3O4. The Morgan fingerprint density at radius 2 is 1.75 bits per heavy atom. The highest BCUT2D eigenvalue weighted by Gasteiger charge is 2.10. The first-order chi connectivity index (χ1) is 13.4. The van der Waals surface area contributed by atoms with Crippen LogP contribution in [0.4, 0.5) is 5.69 Å². The summed E-state index contributed by atoms with van der Waals surface area (Å²) in [5.74, 6) is 0.151. The number of amides is 2. The first-order valence-corrected chi connectivity index (χ1v) is 8.98. The first kappa shape index (κ1) is 21.5. The lowest BCUT2D eigenvalue weighted by atomic mass is 10.2. The van der Waals surface area contributed by atoms with Crippen molar-refractivity contribution in [2.45, 2.75) is 13.3 Å². The zero-order chi connectivity index (χ0) is 20.5. The van der Waals surface area contributed by atoms with Crippen molar-refractivity contribution in [3.05, 3.63) is 52.5 Å². The molecule has 0 saturated carbocycles. The number of carbonyl (C=O) groups is 2. The summed E-state index contributed by atoms with van der Waals surface area (Å²) in [6, 6.07) is 11.9. The quantitative estimate of drug-likeness (QED) is 0.497. The SMILES string of the molecule is COc1ccccc1OCC(=O)N/N=C(\C)CC(=O)Nc1cccc(Cl)c1Cl. The lowest BCUT2D eigenvalue weighted by molar-refractivity contribution is -0.123. The summed E-state index contributed by atoms with van der Waals surface area (Å²) >= 11 is 11.9. The Morgan fingerprint density at radius 1 is 1.04 bits per heavy atom. The van der Waals surface area contributed by atoms with Crippen LogP contribution in [-0.4, -0.2) is 31.2 Å². The van der Waals surface area contributed by atoms with Crippen LogP contribution in [0.5, 0.6) is 11.5 Å². The van der Waals surface area contributed by atoms with Crippen LogP contribution in [0.3, 0.4) is 0 Å². The van der Waals surface area contributed by atoms with Crippen LogP contribution in [0.2, 0.25) is 10.0 Å². The third kappa shape index (κ3) is 6.44. The highest BCUT2D eigenvalue weighted by molar-refractivity contribution is 6.44. The Morgan fingerprint density at radius 3 is 2.46 bits per heavy atom. The highest BCUT2D eigenvalue weighted by Crippen LogP contribution is 2.29. The molecule has 0 aromatic heterocycles. The number of anilines is 1. The third-order valence-corrected chi connectivity index (χ3v) is 4.26. The monoisotopic (exact) mass is 423 g/mol. The fourth-order valence-corrected chi connectivity index (χ4v) is 2.49. The number of carbonyl (C=O) groups excluding carboxylic acids is 2. The number of rotatable bonds is 8. The Labute approximate surface area is 172 Å². The fraction of sp³-hybridized carbons (Fsp3) is 0.211. The van der Waals surface area contributed by atoms with Crippen molar-refractivity contribution in [3.8, 4) is 11.5 Å². The van der Waals surface area contributed by atoms with Gasteiger partial charge in [0.15, 0.2) is 18.1 Å². The molecule has 0 aliphatic carbocycles. The van der Waals surface area contributed by atoms with Gasteiger partial charge in [-0.1, -0.05) is 41.4 Å². The predicted molar refractivity (Wildman–Crippen MR) is 109 cm³/mol. The summed E-state index contributed by atoms with van der Waals surface area (Å²) in [5.41, 5.74) is 3.14. The number of hydrazone groups is 1. The van der Waals surface area contributed by atoms with Crippen LogP contribution >= 0.6 is 23.2 Å². The van der Waals surface area contributed by atoms with Crippen molar-refractivity contribution in [1.29, 1.82) is 0 Å². The van der Waals surface area contributed by atoms with E-state index >= 15 is 0 Å². The molecule has 2 aromatic rings. The molecular weight excluding hydrogens is 405 g/mol. The number of methoxy groups -OCH3 is 1. The molecule has 9 heteroatoms. The number of para-hydroxylation sites is 2. The van der Waals surface area contributed by atoms with E-state index in [2.05, 4.69) is 15.8 Å². The highest BCUT2D eigenvalue weighted by atomic mass is 35.5. The Balaban J connectivity index is 1.82. The van der Waals surface area contributed by atoms with Crippen molar-refractivity contribution in [1.82, 2.24) is 5.43 Å². The Bertz CT molecular complexity index is 887. The van der Waals surface area contributed by atoms with Crippen LogP contribution in [0.1, 0.15) is 13.3 Å². The van der Waals surface area contributed by atoms with Gasteiger partial charge >= 0.3 is 0 Å². The van der Waals surface area contributed by atoms with Crippen LogP contribution in [-0.2, 0) is 9.59 Å². The zero-order valence-corrected chi connectivity index (χ0v) is 16.8. The van der Waals surface area contributed by atoms with Gasteiger partial charge in [0.1, 0.15) is 0 Å². The van der Waals surface area contributed by atoms with E-state index in [1.54, 1.807) is 49.4 Å². The molecule has 0 aliphatic heterocycles. The number of ether oxygens (including phenoxy) is 2. The van der Waals surface area contributed by atoms with Gasteiger partial charge in [-0.3, -0.25) is 9.59 Å². The molecule has 2 N–H and O–H groups in total. The minimum absolute atomic E-state index is 0.0313. The average molecular weight is 424 g/mol. The van der Waals surface area contributed by atoms with Crippen molar-refractivity contribution in [3.63, 3.8) is 0 Å². The van der Waals surface area contributed by atoms with Crippen LogP contribution in [0.25, 0.3) is 0 Å². The summed E-state index contributed by atoms with van der Waals surface area (Å²) in [7, 11) is 1.51. The molecule has 148 valence electrons. The second-order valence-corrected chi connectivity index (χ2v) is 6.43. The van der Waals surface area contributed by atoms with E-state index in [4.69, 9.17) is 32.7 Å². The Hall–Kier alpha value is -2.77. The molecule has 2 rings (SSSR count). The van der Waals surface area contributed by atoms with Gasteiger partial charge in [-0.15, -0.1) is 0 Å². The topological polar surface area (TPSA) is 89.0 Å². The van der Waals surface area contributed by atoms with Gasteiger partial charge in [-0.2, -0.15) is 5.10 Å². The summed E-state index contributed by atoms with van der Waals surface area (Å²) < 4.78 is 10.5. The molecule has 0 atom stereocenters. The van der Waals surface area contributed by atoms with E-state index in [-0.39, 0.29) is 24.0 Å². The standard InChI is InChI=1S/C19H19Cl2N3O4/c1-12(10-17(25)22-14-7-5-6-13(20)19(14)21)23-24-18(26)11-28-16-9-4-3-8-15(16)27-2/h3-9H,10-11H2,1-2H3,(H,22,25)(H,24,26)/b23-12+. The van der Waals surface area contributed by atoms with Crippen molar-refractivity contribution in [2.75, 3.05) is 19.0 Å². The molecule has 0 radical (unpaired) electrons. The van der Waals surface area contributed by atoms with Crippen LogP contribution in [0.15, 0.2) is 47.6 Å². The van der Waals surface area contributed by atoms with Gasteiger partial charge < -0.3 is 14.8 Å². The number of hydrogen-bond acceptors (Lipinski definition) is 5. The molecule has 0 bridgehead atoms. The second kappa shape index (κ2) is 10.5. The molecule has 7 nitrogen and oxygen atoms in total. The van der Waals surface area contributed by atoms with Gasteiger partial charge in [-0.25, -0.2) is 5.43 Å². The van der Waals surface area contributed by atoms with Crippen LogP contribution in [0, 0.1) is 0 Å². The maximum absolute atomic E-state index is 12.1. The number of benzene rings is 2. The lowest BCUT2D eigenvalue weighted by Crippen LogP contribution is -2.26. The molecule has 2 aromatic carbocycles. The molecule has 0 saturated heterocycles. The van der Waals surface area contributed by atoms with Crippen molar-refractivity contribution >= 4 is 46.4 Å². The van der Waals surface area contributed by atoms with Gasteiger partial charge in [0.2, 0.25) is 5.91 Å². The molecule has 0 aliphatic rings. The summed E-state index contributed by atoms with van der Waals surface area (Å²) in [4.78, 5) is 23.9. The second-order valence-electron chi connectivity index (χ2n) is 5.65. The lowest BCUT2D eigenvalue weighted by Gasteiger charge is -2.10. The van der Waals surface area contributed by atoms with Gasteiger partial charge in [0.25, 0.3) is 5.91 Å². The predicted octanol–water partition coefficient (Wildman–Crippen LogP) is 3.90. The minimum Gasteiger partial charge on any atom is -0.493 e. The fourth-order valence-electron chi connectivity index (χ4n) is 2.14. The molecule has 0 unspecified atom stereocenters. The van der Waals surface area contributed by atoms with Gasteiger partial charge in [-0.05, 0) is 31.2 Å². The van der Waals surface area contributed by atoms with Crippen molar-refractivity contribution in [2.24, 2.45) is 5.10 Å². The molecule has 28 heavy (non-hydrogen) atoms. The van der Waals surface area contributed by atoms with E-state index in [9.17, 15) is 9.59 Å². The normalized spacial score (nSPS) is 10.9. The van der Waals surface area contributed by atoms with Gasteiger partial charge in [0, 0.05) is 5.71 Å². The number of hydrogen-bond donors (Lipinski definition) is 2. The van der Waals surface area contributed by atoms with Gasteiger partial charge in [0.05, 0.1) is 29.3 Å². The average Bonchev–Trinajstić information content (AvgIpc) is 2.68. The smallest absolute Gasteiger partial charge is 0.277 e. The molecule has 0 fully saturated rings. The summed E-state index contributed by atoms with van der Waals surface area (Å²) in [6.45, 7) is 1.36. The number of nitrogens with one attached hydrogen (secondary N) is 2.